The molecule has 2 nitrogen and oxygen atoms in total. The van der Waals surface area contributed by atoms with Crippen molar-refractivity contribution in [1.29, 1.82) is 0 Å². The molecule has 0 aliphatic rings. The third kappa shape index (κ3) is 1.02. The fourth-order valence-electron chi connectivity index (χ4n) is 0.723. The van der Waals surface area contributed by atoms with Crippen LogP contribution in [0, 0.1) is 6.20 Å². The van der Waals surface area contributed by atoms with Gasteiger partial charge in [0, 0.05) is 7.05 Å². The molecular weight excluding hydrogens is 112 g/mol. The van der Waals surface area contributed by atoms with Gasteiger partial charge < -0.3 is 0 Å². The van der Waals surface area contributed by atoms with E-state index in [0.29, 0.717) is 0 Å². The number of hydrogen-bond acceptors (Lipinski definition) is 1. The lowest BCUT2D eigenvalue weighted by molar-refractivity contribution is 0.754. The highest BCUT2D eigenvalue weighted by atomic mass is 15.2. The van der Waals surface area contributed by atoms with Crippen molar-refractivity contribution in [1.82, 2.24) is 9.78 Å². The van der Waals surface area contributed by atoms with E-state index in [-0.39, 0.29) is 0 Å². The molecule has 2 heteroatoms. The summed E-state index contributed by atoms with van der Waals surface area (Å²) in [5.41, 5.74) is 2.06. The summed E-state index contributed by atoms with van der Waals surface area (Å²) in [5.74, 6) is 0. The van der Waals surface area contributed by atoms with Crippen molar-refractivity contribution in [2.24, 2.45) is 7.05 Å². The van der Waals surface area contributed by atoms with Crippen LogP contribution in [0.3, 0.4) is 0 Å². The second kappa shape index (κ2) is 2.05. The molecule has 1 aromatic rings. The van der Waals surface area contributed by atoms with Crippen LogP contribution in [-0.4, -0.2) is 9.78 Å². The summed E-state index contributed by atoms with van der Waals surface area (Å²) in [5, 5.41) is 3.87. The van der Waals surface area contributed by atoms with E-state index in [2.05, 4.69) is 17.9 Å². The topological polar surface area (TPSA) is 17.8 Å². The van der Waals surface area contributed by atoms with Gasteiger partial charge in [0.25, 0.3) is 0 Å². The van der Waals surface area contributed by atoms with Gasteiger partial charge in [-0.05, 0) is 18.6 Å². The first-order chi connectivity index (χ1) is 4.22. The molecule has 1 aromatic heterocycles. The molecule has 0 spiro atoms. The van der Waals surface area contributed by atoms with E-state index >= 15 is 0 Å². The monoisotopic (exact) mass is 121 g/mol. The van der Waals surface area contributed by atoms with Crippen LogP contribution in [0.25, 0.3) is 5.57 Å². The van der Waals surface area contributed by atoms with Gasteiger partial charge in [-0.3, -0.25) is 4.68 Å². The Kier molecular flexibility index (Phi) is 1.39. The third-order valence-corrected chi connectivity index (χ3v) is 1.19. The van der Waals surface area contributed by atoms with Crippen LogP contribution in [-0.2, 0) is 7.05 Å². The third-order valence-electron chi connectivity index (χ3n) is 1.19. The van der Waals surface area contributed by atoms with Crippen LogP contribution in [0.15, 0.2) is 12.6 Å². The first kappa shape index (κ1) is 6.08. The van der Waals surface area contributed by atoms with Gasteiger partial charge in [-0.1, -0.05) is 6.58 Å². The van der Waals surface area contributed by atoms with Gasteiger partial charge in [0.05, 0.1) is 5.69 Å². The molecule has 1 rings (SSSR count). The molecule has 0 aliphatic heterocycles. The molecule has 0 N–H and O–H groups in total. The molecule has 0 atom stereocenters. The summed E-state index contributed by atoms with van der Waals surface area (Å²) in [6, 6.07) is 1.82. The van der Waals surface area contributed by atoms with E-state index in [4.69, 9.17) is 0 Å². The Bertz CT molecular complexity index is 223. The van der Waals surface area contributed by atoms with Crippen molar-refractivity contribution >= 4 is 5.57 Å². The van der Waals surface area contributed by atoms with Crippen LogP contribution in [0.1, 0.15) is 12.6 Å². The summed E-state index contributed by atoms with van der Waals surface area (Å²) >= 11 is 0. The molecule has 0 saturated carbocycles. The summed E-state index contributed by atoms with van der Waals surface area (Å²) in [4.78, 5) is 0. The minimum absolute atomic E-state index is 1.02. The van der Waals surface area contributed by atoms with Crippen LogP contribution >= 0.6 is 0 Å². The first-order valence-corrected chi connectivity index (χ1v) is 2.78. The molecule has 0 saturated heterocycles. The van der Waals surface area contributed by atoms with Crippen LogP contribution < -0.4 is 0 Å². The van der Waals surface area contributed by atoms with Gasteiger partial charge in [-0.25, -0.2) is 0 Å². The molecule has 0 aromatic carbocycles. The Labute approximate surface area is 54.8 Å². The lowest BCUT2D eigenvalue weighted by Crippen LogP contribution is -1.94. The number of nitrogens with zero attached hydrogens (tertiary/aromatic N) is 2. The Morgan fingerprint density at radius 2 is 2.56 bits per heavy atom. The molecule has 0 amide bonds. The number of allylic oxidation sites excluding steroid dienone is 1. The number of hydrogen-bond donors (Lipinski definition) is 0. The van der Waals surface area contributed by atoms with Crippen molar-refractivity contribution in [3.8, 4) is 0 Å². The van der Waals surface area contributed by atoms with Crippen molar-refractivity contribution in [3.63, 3.8) is 0 Å². The standard InChI is InChI=1S/C7H9N2/c1-6(2)7-4-5-8-9(7)3/h4H,1H2,2-3H3. The Morgan fingerprint density at radius 3 is 2.78 bits per heavy atom. The minimum atomic E-state index is 1.02. The highest BCUT2D eigenvalue weighted by molar-refractivity contribution is 5.57. The molecule has 0 fully saturated rings. The van der Waals surface area contributed by atoms with Crippen molar-refractivity contribution in [2.75, 3.05) is 0 Å². The maximum atomic E-state index is 3.87. The van der Waals surface area contributed by atoms with E-state index < -0.39 is 0 Å². The van der Waals surface area contributed by atoms with Crippen LogP contribution in [0.2, 0.25) is 0 Å². The average molecular weight is 121 g/mol. The minimum Gasteiger partial charge on any atom is -0.268 e. The zero-order chi connectivity index (χ0) is 6.85. The maximum Gasteiger partial charge on any atom is 0.113 e. The molecule has 47 valence electrons. The van der Waals surface area contributed by atoms with Gasteiger partial charge in [0.2, 0.25) is 0 Å². The van der Waals surface area contributed by atoms with Crippen LogP contribution in [0.4, 0.5) is 0 Å². The zero-order valence-electron chi connectivity index (χ0n) is 5.68. The number of aromatic nitrogens is 2. The molecular formula is C7H9N2. The molecule has 1 radical (unpaired) electrons. The van der Waals surface area contributed by atoms with E-state index in [1.807, 2.05) is 20.0 Å². The smallest absolute Gasteiger partial charge is 0.113 e. The average Bonchev–Trinajstić information content (AvgIpc) is 2.13. The lowest BCUT2D eigenvalue weighted by Gasteiger charge is -1.96. The van der Waals surface area contributed by atoms with E-state index in [1.54, 1.807) is 4.68 Å². The number of rotatable bonds is 1. The van der Waals surface area contributed by atoms with E-state index in [9.17, 15) is 0 Å². The summed E-state index contributed by atoms with van der Waals surface area (Å²) in [6.45, 7) is 5.73. The normalized spacial score (nSPS) is 9.56. The van der Waals surface area contributed by atoms with Gasteiger partial charge in [-0.2, -0.15) is 5.10 Å². The van der Waals surface area contributed by atoms with Crippen molar-refractivity contribution in [3.05, 3.63) is 24.5 Å². The summed E-state index contributed by atoms with van der Waals surface area (Å²) in [6.07, 6.45) is 2.73. The molecule has 1 heterocycles. The SMILES string of the molecule is C=C(C)c1c[c]nn1C. The van der Waals surface area contributed by atoms with Gasteiger partial charge >= 0.3 is 0 Å². The second-order valence-electron chi connectivity index (χ2n) is 2.06. The quantitative estimate of drug-likeness (QED) is 0.546. The zero-order valence-corrected chi connectivity index (χ0v) is 5.68. The Hall–Kier alpha value is -1.05. The van der Waals surface area contributed by atoms with Crippen LogP contribution in [0.5, 0.6) is 0 Å². The fourth-order valence-corrected chi connectivity index (χ4v) is 0.723. The largest absolute Gasteiger partial charge is 0.268 e. The fraction of sp³-hybridized carbons (Fsp3) is 0.286. The Balaban J connectivity index is 3.08. The lowest BCUT2D eigenvalue weighted by atomic mass is 10.2. The Morgan fingerprint density at radius 1 is 1.89 bits per heavy atom. The highest BCUT2D eigenvalue weighted by Gasteiger charge is 1.95. The van der Waals surface area contributed by atoms with Crippen molar-refractivity contribution in [2.45, 2.75) is 6.92 Å². The molecule has 0 aliphatic carbocycles. The van der Waals surface area contributed by atoms with E-state index in [1.165, 1.54) is 0 Å². The first-order valence-electron chi connectivity index (χ1n) is 2.78. The predicted molar refractivity (Wildman–Crippen MR) is 36.8 cm³/mol. The highest BCUT2D eigenvalue weighted by Crippen LogP contribution is 2.06. The van der Waals surface area contributed by atoms with Crippen molar-refractivity contribution < 1.29 is 0 Å². The maximum absolute atomic E-state index is 3.87. The molecule has 0 bridgehead atoms. The molecule has 0 unspecified atom stereocenters. The van der Waals surface area contributed by atoms with E-state index in [0.717, 1.165) is 11.3 Å². The molecule has 9 heavy (non-hydrogen) atoms. The predicted octanol–water partition coefficient (Wildman–Crippen LogP) is 1.25. The number of aryl methyl sites for hydroxylation is 1. The summed E-state index contributed by atoms with van der Waals surface area (Å²) in [7, 11) is 1.88. The van der Waals surface area contributed by atoms with Gasteiger partial charge in [-0.15, -0.1) is 0 Å². The van der Waals surface area contributed by atoms with Gasteiger partial charge in [0.1, 0.15) is 6.20 Å². The van der Waals surface area contributed by atoms with Gasteiger partial charge in [0.15, 0.2) is 0 Å². The summed E-state index contributed by atoms with van der Waals surface area (Å²) < 4.78 is 1.75. The second-order valence-corrected chi connectivity index (χ2v) is 2.06.